The number of aliphatic hydroxyl groups is 1. The molecular formula is C25H32Cl2N3O9P. The van der Waals surface area contributed by atoms with Crippen molar-refractivity contribution in [2.45, 2.75) is 80.9 Å². The van der Waals surface area contributed by atoms with Crippen LogP contribution in [-0.4, -0.2) is 55.9 Å². The molecule has 1 aliphatic heterocycles. The van der Waals surface area contributed by atoms with Crippen LogP contribution in [0.15, 0.2) is 46.1 Å². The third-order valence-electron chi connectivity index (χ3n) is 6.71. The number of H-pyrrole nitrogens is 1. The number of rotatable bonds is 11. The lowest BCUT2D eigenvalue weighted by Gasteiger charge is -2.25. The van der Waals surface area contributed by atoms with Crippen molar-refractivity contribution in [3.8, 4) is 5.75 Å². The Kier molecular flexibility index (Phi) is 8.92. The summed E-state index contributed by atoms with van der Waals surface area (Å²) in [5.41, 5.74) is -0.508. The van der Waals surface area contributed by atoms with Gasteiger partial charge in [0.2, 0.25) is 0 Å². The normalized spacial score (nSPS) is 25.2. The van der Waals surface area contributed by atoms with Crippen molar-refractivity contribution in [2.24, 2.45) is 0 Å². The van der Waals surface area contributed by atoms with E-state index < -0.39 is 66.5 Å². The zero-order valence-corrected chi connectivity index (χ0v) is 24.7. The number of esters is 1. The van der Waals surface area contributed by atoms with E-state index in [4.69, 9.17) is 41.7 Å². The Labute approximate surface area is 240 Å². The smallest absolute Gasteiger partial charge is 0.459 e. The van der Waals surface area contributed by atoms with Gasteiger partial charge in [-0.1, -0.05) is 42.3 Å². The zero-order valence-electron chi connectivity index (χ0n) is 22.3. The molecule has 1 aromatic carbocycles. The number of carbonyl (C=O) groups excluding carboxylic acids is 1. The average Bonchev–Trinajstić information content (AvgIpc) is 3.57. The largest absolute Gasteiger partial charge is 0.462 e. The van der Waals surface area contributed by atoms with Crippen LogP contribution in [0.5, 0.6) is 5.75 Å². The number of alkyl halides is 2. The highest BCUT2D eigenvalue weighted by Gasteiger charge is 2.56. The highest BCUT2D eigenvalue weighted by atomic mass is 35.5. The molecule has 3 N–H and O–H groups in total. The number of halogens is 2. The van der Waals surface area contributed by atoms with E-state index >= 15 is 0 Å². The summed E-state index contributed by atoms with van der Waals surface area (Å²) in [4.78, 5) is 38.3. The van der Waals surface area contributed by atoms with E-state index in [1.54, 1.807) is 32.0 Å². The van der Waals surface area contributed by atoms with E-state index in [2.05, 4.69) is 17.0 Å². The van der Waals surface area contributed by atoms with Gasteiger partial charge < -0.3 is 19.1 Å². The van der Waals surface area contributed by atoms with Crippen LogP contribution in [0.25, 0.3) is 0 Å². The maximum Gasteiger partial charge on any atom is 0.459 e. The SMILES string of the molecule is CC(C)OC(=O)C(C)NP(=O)(OCC1OC(n2ccc(=O)[nH]c2=O)C(Cl)(Cl)C1O)Oc1cccc(C2(C)CC2)c1. The molecule has 5 atom stereocenters. The molecule has 2 aliphatic rings. The van der Waals surface area contributed by atoms with Gasteiger partial charge in [0.05, 0.1) is 12.7 Å². The van der Waals surface area contributed by atoms with Crippen LogP contribution in [0, 0.1) is 0 Å². The molecule has 0 bridgehead atoms. The first-order chi connectivity index (χ1) is 18.6. The first kappa shape index (κ1) is 30.8. The van der Waals surface area contributed by atoms with Crippen LogP contribution in [0.2, 0.25) is 0 Å². The zero-order chi connectivity index (χ0) is 29.5. The van der Waals surface area contributed by atoms with Crippen molar-refractivity contribution in [3.05, 3.63) is 62.9 Å². The van der Waals surface area contributed by atoms with Gasteiger partial charge in [0.15, 0.2) is 10.6 Å². The van der Waals surface area contributed by atoms with Crippen LogP contribution in [0.4, 0.5) is 0 Å². The Morgan fingerprint density at radius 1 is 1.27 bits per heavy atom. The molecule has 0 amide bonds. The third-order valence-corrected chi connectivity index (χ3v) is 9.17. The van der Waals surface area contributed by atoms with Crippen molar-refractivity contribution >= 4 is 36.9 Å². The van der Waals surface area contributed by atoms with Crippen LogP contribution in [0.3, 0.4) is 0 Å². The highest BCUT2D eigenvalue weighted by molar-refractivity contribution is 7.52. The van der Waals surface area contributed by atoms with Gasteiger partial charge in [0.1, 0.15) is 24.0 Å². The van der Waals surface area contributed by atoms with Crippen molar-refractivity contribution in [3.63, 3.8) is 0 Å². The Morgan fingerprint density at radius 2 is 1.98 bits per heavy atom. The number of hydrogen-bond acceptors (Lipinski definition) is 9. The molecular weight excluding hydrogens is 588 g/mol. The summed E-state index contributed by atoms with van der Waals surface area (Å²) in [7, 11) is -4.32. The lowest BCUT2D eigenvalue weighted by Crippen LogP contribution is -2.41. The summed E-state index contributed by atoms with van der Waals surface area (Å²) in [6.45, 7) is 6.33. The van der Waals surface area contributed by atoms with Crippen LogP contribution < -0.4 is 20.9 Å². The molecule has 0 spiro atoms. The quantitative estimate of drug-likeness (QED) is 0.194. The summed E-state index contributed by atoms with van der Waals surface area (Å²) in [6, 6.07) is 7.03. The molecule has 40 heavy (non-hydrogen) atoms. The maximum absolute atomic E-state index is 14.0. The van der Waals surface area contributed by atoms with E-state index in [-0.39, 0.29) is 11.2 Å². The van der Waals surface area contributed by atoms with Gasteiger partial charge in [0, 0.05) is 12.3 Å². The Bertz CT molecular complexity index is 1410. The number of aromatic nitrogens is 2. The van der Waals surface area contributed by atoms with Gasteiger partial charge in [-0.25, -0.2) is 9.36 Å². The van der Waals surface area contributed by atoms with Gasteiger partial charge in [0.25, 0.3) is 5.56 Å². The van der Waals surface area contributed by atoms with Crippen LogP contribution in [0.1, 0.15) is 52.3 Å². The predicted octanol–water partition coefficient (Wildman–Crippen LogP) is 3.15. The van der Waals surface area contributed by atoms with Gasteiger partial charge in [-0.15, -0.1) is 0 Å². The number of aromatic amines is 1. The number of ether oxygens (including phenoxy) is 2. The maximum atomic E-state index is 14.0. The molecule has 12 nitrogen and oxygen atoms in total. The minimum absolute atomic E-state index is 0.00659. The summed E-state index contributed by atoms with van der Waals surface area (Å²) in [5.74, 6) is -0.447. The topological polar surface area (TPSA) is 158 Å². The summed E-state index contributed by atoms with van der Waals surface area (Å²) >= 11 is 12.7. The second-order valence-electron chi connectivity index (χ2n) is 10.5. The number of benzene rings is 1. The predicted molar refractivity (Wildman–Crippen MR) is 147 cm³/mol. The summed E-state index contributed by atoms with van der Waals surface area (Å²) < 4.78 is 35.2. The third kappa shape index (κ3) is 6.82. The first-order valence-corrected chi connectivity index (χ1v) is 15.0. The minimum atomic E-state index is -4.32. The van der Waals surface area contributed by atoms with E-state index in [1.807, 2.05) is 6.07 Å². The fourth-order valence-electron chi connectivity index (χ4n) is 4.15. The van der Waals surface area contributed by atoms with Gasteiger partial charge in [-0.2, -0.15) is 5.09 Å². The van der Waals surface area contributed by atoms with Crippen LogP contribution in [-0.2, 0) is 28.8 Å². The monoisotopic (exact) mass is 619 g/mol. The average molecular weight is 620 g/mol. The molecule has 5 unspecified atom stereocenters. The summed E-state index contributed by atoms with van der Waals surface area (Å²) in [5, 5.41) is 13.4. The molecule has 4 rings (SSSR count). The van der Waals surface area contributed by atoms with Crippen molar-refractivity contribution in [1.29, 1.82) is 0 Å². The fourth-order valence-corrected chi connectivity index (χ4v) is 6.24. The number of nitrogens with zero attached hydrogens (tertiary/aromatic N) is 1. The molecule has 2 heterocycles. The fraction of sp³-hybridized carbons (Fsp3) is 0.560. The lowest BCUT2D eigenvalue weighted by atomic mass is 9.98. The van der Waals surface area contributed by atoms with Gasteiger partial charge >= 0.3 is 19.4 Å². The molecule has 15 heteroatoms. The highest BCUT2D eigenvalue weighted by Crippen LogP contribution is 2.51. The standard InChI is InChI=1S/C25H32Cl2N3O9P/c1-14(2)37-21(33)15(3)29-40(35,39-17-7-5-6-16(12-17)24(4)9-10-24)36-13-18-20(32)25(26,27)22(38-18)30-11-8-19(31)28-23(30)34/h5-8,11-12,14-15,18,20,22,32H,9-10,13H2,1-4H3,(H,29,35)(H,28,31,34). The first-order valence-electron chi connectivity index (χ1n) is 12.7. The number of carbonyl (C=O) groups is 1. The number of hydrogen-bond donors (Lipinski definition) is 3. The Hall–Kier alpha value is -2.18. The minimum Gasteiger partial charge on any atom is -0.462 e. The number of aliphatic hydroxyl groups excluding tert-OH is 1. The van der Waals surface area contributed by atoms with Gasteiger partial charge in [-0.3, -0.25) is 23.7 Å². The molecule has 0 radical (unpaired) electrons. The molecule has 1 saturated carbocycles. The van der Waals surface area contributed by atoms with E-state index in [0.717, 1.165) is 35.2 Å². The molecule has 1 aromatic heterocycles. The van der Waals surface area contributed by atoms with E-state index in [1.165, 1.54) is 6.92 Å². The van der Waals surface area contributed by atoms with Crippen molar-refractivity contribution in [1.82, 2.24) is 14.6 Å². The molecule has 220 valence electrons. The van der Waals surface area contributed by atoms with Crippen molar-refractivity contribution < 1.29 is 33.0 Å². The molecule has 2 fully saturated rings. The second kappa shape index (κ2) is 11.6. The van der Waals surface area contributed by atoms with Crippen LogP contribution >= 0.6 is 30.9 Å². The molecule has 2 aromatic rings. The number of nitrogens with one attached hydrogen (secondary N) is 2. The summed E-state index contributed by atoms with van der Waals surface area (Å²) in [6.07, 6.45) is -1.60. The van der Waals surface area contributed by atoms with E-state index in [0.29, 0.717) is 0 Å². The van der Waals surface area contributed by atoms with Gasteiger partial charge in [-0.05, 0) is 56.7 Å². The molecule has 1 aliphatic carbocycles. The van der Waals surface area contributed by atoms with Crippen molar-refractivity contribution in [2.75, 3.05) is 6.61 Å². The molecule has 1 saturated heterocycles. The van der Waals surface area contributed by atoms with E-state index in [9.17, 15) is 24.1 Å². The lowest BCUT2D eigenvalue weighted by molar-refractivity contribution is -0.149. The second-order valence-corrected chi connectivity index (χ2v) is 13.6. The Morgan fingerprint density at radius 3 is 2.60 bits per heavy atom. The Balaban J connectivity index is 1.55.